The first kappa shape index (κ1) is 19.0. The van der Waals surface area contributed by atoms with Gasteiger partial charge in [-0.1, -0.05) is 31.5 Å². The zero-order chi connectivity index (χ0) is 18.4. The lowest BCUT2D eigenvalue weighted by Crippen LogP contribution is -2.25. The van der Waals surface area contributed by atoms with Crippen LogP contribution in [0.1, 0.15) is 36.2 Å². The van der Waals surface area contributed by atoms with Gasteiger partial charge in [-0.2, -0.15) is 0 Å². The molecule has 1 amide bonds. The molecule has 0 bridgehead atoms. The minimum atomic E-state index is -3.68. The van der Waals surface area contributed by atoms with Gasteiger partial charge in [0.05, 0.1) is 4.90 Å². The number of benzene rings is 2. The number of carbonyl (C=O) groups is 1. The summed E-state index contributed by atoms with van der Waals surface area (Å²) in [5.41, 5.74) is 2.00. The average Bonchev–Trinajstić information content (AvgIpc) is 2.56. The maximum Gasteiger partial charge on any atom is 0.261 e. The van der Waals surface area contributed by atoms with Crippen LogP contribution in [0.5, 0.6) is 0 Å². The topological polar surface area (TPSA) is 75.3 Å². The Kier molecular flexibility index (Phi) is 6.20. The Morgan fingerprint density at radius 2 is 1.60 bits per heavy atom. The predicted octanol–water partition coefficient (Wildman–Crippen LogP) is 3.57. The van der Waals surface area contributed by atoms with E-state index in [-0.39, 0.29) is 10.8 Å². The molecule has 2 aromatic carbocycles. The lowest BCUT2D eigenvalue weighted by atomic mass is 10.1. The number of anilines is 1. The van der Waals surface area contributed by atoms with Crippen molar-refractivity contribution in [3.05, 3.63) is 59.7 Å². The number of hydrogen-bond acceptors (Lipinski definition) is 3. The van der Waals surface area contributed by atoms with Crippen LogP contribution in [0.2, 0.25) is 0 Å². The normalized spacial score (nSPS) is 11.4. The summed E-state index contributed by atoms with van der Waals surface area (Å²) in [6.07, 6.45) is 0.901. The lowest BCUT2D eigenvalue weighted by Gasteiger charge is -2.10. The van der Waals surface area contributed by atoms with Crippen molar-refractivity contribution < 1.29 is 13.2 Å². The maximum atomic E-state index is 12.4. The number of rotatable bonds is 7. The first-order chi connectivity index (χ1) is 11.8. The molecule has 0 spiro atoms. The standard InChI is InChI=1S/C19H24N2O3S/c1-14(2)12-13-20-19(22)16-6-10-18(11-7-16)25(23,24)21-17-8-4-15(3)5-9-17/h4-11,14,21H,12-13H2,1-3H3,(H,20,22). The van der Waals surface area contributed by atoms with Gasteiger partial charge >= 0.3 is 0 Å². The van der Waals surface area contributed by atoms with Gasteiger partial charge in [-0.15, -0.1) is 0 Å². The summed E-state index contributed by atoms with van der Waals surface area (Å²) in [7, 11) is -3.68. The van der Waals surface area contributed by atoms with Crippen molar-refractivity contribution in [2.45, 2.75) is 32.1 Å². The fraction of sp³-hybridized carbons (Fsp3) is 0.316. The van der Waals surface area contributed by atoms with E-state index in [1.807, 2.05) is 19.1 Å². The minimum absolute atomic E-state index is 0.117. The SMILES string of the molecule is Cc1ccc(NS(=O)(=O)c2ccc(C(=O)NCCC(C)C)cc2)cc1. The summed E-state index contributed by atoms with van der Waals surface area (Å²) < 4.78 is 27.3. The van der Waals surface area contributed by atoms with E-state index >= 15 is 0 Å². The summed E-state index contributed by atoms with van der Waals surface area (Å²) in [5, 5.41) is 2.83. The number of sulfonamides is 1. The zero-order valence-corrected chi connectivity index (χ0v) is 15.6. The van der Waals surface area contributed by atoms with E-state index in [9.17, 15) is 13.2 Å². The van der Waals surface area contributed by atoms with Crippen molar-refractivity contribution in [3.63, 3.8) is 0 Å². The quantitative estimate of drug-likeness (QED) is 0.792. The molecule has 2 rings (SSSR count). The maximum absolute atomic E-state index is 12.4. The highest BCUT2D eigenvalue weighted by atomic mass is 32.2. The Morgan fingerprint density at radius 3 is 2.16 bits per heavy atom. The molecule has 0 saturated carbocycles. The summed E-state index contributed by atoms with van der Waals surface area (Å²) >= 11 is 0. The van der Waals surface area contributed by atoms with Crippen molar-refractivity contribution in [2.24, 2.45) is 5.92 Å². The molecule has 0 aromatic heterocycles. The number of carbonyl (C=O) groups excluding carboxylic acids is 1. The van der Waals surface area contributed by atoms with Gasteiger partial charge in [0.2, 0.25) is 0 Å². The van der Waals surface area contributed by atoms with Gasteiger partial charge in [0.25, 0.3) is 15.9 Å². The van der Waals surface area contributed by atoms with Crippen LogP contribution in [0.3, 0.4) is 0 Å². The van der Waals surface area contributed by atoms with Crippen LogP contribution < -0.4 is 10.0 Å². The third kappa shape index (κ3) is 5.60. The molecule has 5 nitrogen and oxygen atoms in total. The van der Waals surface area contributed by atoms with E-state index in [0.717, 1.165) is 12.0 Å². The van der Waals surface area contributed by atoms with E-state index in [1.54, 1.807) is 12.1 Å². The van der Waals surface area contributed by atoms with E-state index in [2.05, 4.69) is 23.9 Å². The molecule has 0 unspecified atom stereocenters. The molecule has 0 aliphatic rings. The number of nitrogens with one attached hydrogen (secondary N) is 2. The van der Waals surface area contributed by atoms with Gasteiger partial charge in [0.15, 0.2) is 0 Å². The Morgan fingerprint density at radius 1 is 1.00 bits per heavy atom. The molecule has 0 saturated heterocycles. The van der Waals surface area contributed by atoms with Crippen LogP contribution in [0.15, 0.2) is 53.4 Å². The monoisotopic (exact) mass is 360 g/mol. The van der Waals surface area contributed by atoms with Crippen molar-refractivity contribution >= 4 is 21.6 Å². The van der Waals surface area contributed by atoms with Gasteiger partial charge in [0.1, 0.15) is 0 Å². The first-order valence-electron chi connectivity index (χ1n) is 8.25. The van der Waals surface area contributed by atoms with Crippen molar-refractivity contribution in [1.29, 1.82) is 0 Å². The van der Waals surface area contributed by atoms with Gasteiger partial charge in [-0.3, -0.25) is 9.52 Å². The first-order valence-corrected chi connectivity index (χ1v) is 9.74. The highest BCUT2D eigenvalue weighted by molar-refractivity contribution is 7.92. The van der Waals surface area contributed by atoms with Crippen molar-refractivity contribution in [3.8, 4) is 0 Å². The molecular formula is C19H24N2O3S. The van der Waals surface area contributed by atoms with Crippen LogP contribution in [0.25, 0.3) is 0 Å². The third-order valence-corrected chi connectivity index (χ3v) is 5.14. The van der Waals surface area contributed by atoms with E-state index in [0.29, 0.717) is 23.7 Å². The molecule has 25 heavy (non-hydrogen) atoms. The van der Waals surface area contributed by atoms with Crippen LogP contribution in [-0.2, 0) is 10.0 Å². The Bertz CT molecular complexity index is 811. The summed E-state index contributed by atoms with van der Waals surface area (Å²) in [5.74, 6) is 0.316. The van der Waals surface area contributed by atoms with Crippen LogP contribution >= 0.6 is 0 Å². The van der Waals surface area contributed by atoms with Crippen LogP contribution in [0, 0.1) is 12.8 Å². The molecule has 0 aliphatic heterocycles. The fourth-order valence-corrected chi connectivity index (χ4v) is 3.26. The van der Waals surface area contributed by atoms with Crippen molar-refractivity contribution in [2.75, 3.05) is 11.3 Å². The Labute approximate surface area is 149 Å². The largest absolute Gasteiger partial charge is 0.352 e. The molecule has 0 aliphatic carbocycles. The summed E-state index contributed by atoms with van der Waals surface area (Å²) in [6.45, 7) is 6.72. The van der Waals surface area contributed by atoms with E-state index < -0.39 is 10.0 Å². The van der Waals surface area contributed by atoms with Crippen LogP contribution in [0.4, 0.5) is 5.69 Å². The zero-order valence-electron chi connectivity index (χ0n) is 14.7. The second-order valence-electron chi connectivity index (χ2n) is 6.43. The Balaban J connectivity index is 2.05. The number of amides is 1. The fourth-order valence-electron chi connectivity index (χ4n) is 2.20. The molecule has 2 aromatic rings. The highest BCUT2D eigenvalue weighted by Gasteiger charge is 2.15. The molecule has 6 heteroatoms. The summed E-state index contributed by atoms with van der Waals surface area (Å²) in [4.78, 5) is 12.2. The average molecular weight is 360 g/mol. The third-order valence-electron chi connectivity index (χ3n) is 3.74. The second-order valence-corrected chi connectivity index (χ2v) is 8.12. The molecule has 0 radical (unpaired) electrons. The lowest BCUT2D eigenvalue weighted by molar-refractivity contribution is 0.0952. The van der Waals surface area contributed by atoms with E-state index in [1.165, 1.54) is 24.3 Å². The smallest absolute Gasteiger partial charge is 0.261 e. The van der Waals surface area contributed by atoms with Gasteiger partial charge in [-0.25, -0.2) is 8.42 Å². The Hall–Kier alpha value is -2.34. The molecular weight excluding hydrogens is 336 g/mol. The molecule has 0 fully saturated rings. The van der Waals surface area contributed by atoms with Gasteiger partial charge in [0, 0.05) is 17.8 Å². The molecule has 2 N–H and O–H groups in total. The predicted molar refractivity (Wildman–Crippen MR) is 100 cm³/mol. The van der Waals surface area contributed by atoms with Crippen LogP contribution in [-0.4, -0.2) is 20.9 Å². The molecule has 0 heterocycles. The highest BCUT2D eigenvalue weighted by Crippen LogP contribution is 2.17. The minimum Gasteiger partial charge on any atom is -0.352 e. The molecule has 134 valence electrons. The van der Waals surface area contributed by atoms with Gasteiger partial charge in [-0.05, 0) is 55.7 Å². The molecule has 0 atom stereocenters. The van der Waals surface area contributed by atoms with Crippen molar-refractivity contribution in [1.82, 2.24) is 5.32 Å². The summed E-state index contributed by atoms with van der Waals surface area (Å²) in [6, 6.07) is 13.0. The number of aryl methyl sites for hydroxylation is 1. The van der Waals surface area contributed by atoms with Gasteiger partial charge < -0.3 is 5.32 Å². The number of hydrogen-bond donors (Lipinski definition) is 2. The van der Waals surface area contributed by atoms with E-state index in [4.69, 9.17) is 0 Å². The second kappa shape index (κ2) is 8.16.